The number of benzene rings is 1. The molecule has 0 spiro atoms. The van der Waals surface area contributed by atoms with E-state index in [2.05, 4.69) is 30.9 Å². The van der Waals surface area contributed by atoms with Crippen molar-refractivity contribution >= 4 is 35.1 Å². The molecule has 0 bridgehead atoms. The lowest BCUT2D eigenvalue weighted by Gasteiger charge is -2.15. The summed E-state index contributed by atoms with van der Waals surface area (Å²) in [5, 5.41) is 8.08. The van der Waals surface area contributed by atoms with Crippen molar-refractivity contribution in [2.24, 2.45) is 0 Å². The smallest absolute Gasteiger partial charge is 0.324 e. The molecule has 0 radical (unpaired) electrons. The zero-order chi connectivity index (χ0) is 19.3. The second kappa shape index (κ2) is 8.01. The van der Waals surface area contributed by atoms with Crippen LogP contribution in [0.2, 0.25) is 0 Å². The number of imidazole rings is 1. The van der Waals surface area contributed by atoms with E-state index in [4.69, 9.17) is 4.74 Å². The van der Waals surface area contributed by atoms with Gasteiger partial charge in [0.2, 0.25) is 6.41 Å². The number of aromatic nitrogens is 4. The van der Waals surface area contributed by atoms with Gasteiger partial charge < -0.3 is 15.4 Å². The first-order valence-corrected chi connectivity index (χ1v) is 8.87. The Morgan fingerprint density at radius 2 is 2.04 bits per heavy atom. The molecule has 3 aromatic rings. The quantitative estimate of drug-likeness (QED) is 0.560. The van der Waals surface area contributed by atoms with E-state index in [1.807, 2.05) is 22.8 Å². The Balaban J connectivity index is 1.49. The fourth-order valence-corrected chi connectivity index (χ4v) is 3.17. The molecule has 4 rings (SSSR count). The molecule has 1 aliphatic rings. The molecular formula is C18H19N7O3. The van der Waals surface area contributed by atoms with Gasteiger partial charge in [-0.1, -0.05) is 18.2 Å². The molecule has 10 heteroatoms. The molecule has 3 amide bonds. The third-order valence-electron chi connectivity index (χ3n) is 4.45. The maximum Gasteiger partial charge on any atom is 0.324 e. The zero-order valence-electron chi connectivity index (χ0n) is 14.9. The van der Waals surface area contributed by atoms with Gasteiger partial charge in [-0.15, -0.1) is 0 Å². The molecular weight excluding hydrogens is 362 g/mol. The summed E-state index contributed by atoms with van der Waals surface area (Å²) in [5.41, 5.74) is 1.72. The molecule has 1 fully saturated rings. The second-order valence-corrected chi connectivity index (χ2v) is 6.31. The highest BCUT2D eigenvalue weighted by Gasteiger charge is 2.28. The van der Waals surface area contributed by atoms with E-state index >= 15 is 0 Å². The zero-order valence-corrected chi connectivity index (χ0v) is 14.9. The Morgan fingerprint density at radius 3 is 2.86 bits per heavy atom. The maximum absolute atomic E-state index is 12.3. The van der Waals surface area contributed by atoms with Crippen molar-refractivity contribution in [3.63, 3.8) is 0 Å². The van der Waals surface area contributed by atoms with Crippen LogP contribution in [0.1, 0.15) is 19.1 Å². The predicted octanol–water partition coefficient (Wildman–Crippen LogP) is 1.89. The van der Waals surface area contributed by atoms with Crippen molar-refractivity contribution in [1.29, 1.82) is 0 Å². The summed E-state index contributed by atoms with van der Waals surface area (Å²) in [4.78, 5) is 35.5. The number of fused-ring (bicyclic) bond motifs is 1. The van der Waals surface area contributed by atoms with Crippen LogP contribution >= 0.6 is 0 Å². The number of nitrogens with one attached hydrogen (secondary N) is 3. The lowest BCUT2D eigenvalue weighted by molar-refractivity contribution is -0.110. The van der Waals surface area contributed by atoms with Crippen molar-refractivity contribution < 1.29 is 14.3 Å². The van der Waals surface area contributed by atoms with Crippen LogP contribution in [0.3, 0.4) is 0 Å². The molecule has 1 saturated heterocycles. The number of para-hydroxylation sites is 1. The van der Waals surface area contributed by atoms with Crippen LogP contribution in [0.25, 0.3) is 11.2 Å². The number of hydrogen-bond acceptors (Lipinski definition) is 6. The molecule has 3 heterocycles. The molecule has 144 valence electrons. The van der Waals surface area contributed by atoms with Crippen LogP contribution in [0.4, 0.5) is 16.3 Å². The van der Waals surface area contributed by atoms with Gasteiger partial charge in [0.15, 0.2) is 17.0 Å². The molecule has 0 saturated carbocycles. The SMILES string of the molecule is O=CNCC1CCC(n2cnc3c(NC(=O)Nc4ccccc4)ncnc32)O1. The fourth-order valence-electron chi connectivity index (χ4n) is 3.17. The highest BCUT2D eigenvalue weighted by Crippen LogP contribution is 2.31. The standard InChI is InChI=1S/C18H19N7O3/c26-11-19-8-13-6-7-14(28-13)25-10-22-15-16(20-9-21-17(15)25)24-18(27)23-12-4-2-1-3-5-12/h1-5,9-11,13-14H,6-8H2,(H,19,26)(H2,20,21,23,24,27). The van der Waals surface area contributed by atoms with Crippen LogP contribution in [0.15, 0.2) is 43.0 Å². The number of carbonyl (C=O) groups excluding carboxylic acids is 2. The maximum atomic E-state index is 12.3. The topological polar surface area (TPSA) is 123 Å². The predicted molar refractivity (Wildman–Crippen MR) is 102 cm³/mol. The number of carbonyl (C=O) groups is 2. The van der Waals surface area contributed by atoms with Crippen molar-refractivity contribution in [1.82, 2.24) is 24.8 Å². The Morgan fingerprint density at radius 1 is 1.18 bits per heavy atom. The number of nitrogens with zero attached hydrogens (tertiary/aromatic N) is 4. The summed E-state index contributed by atoms with van der Waals surface area (Å²) < 4.78 is 7.78. The van der Waals surface area contributed by atoms with Crippen molar-refractivity contribution in [2.75, 3.05) is 17.2 Å². The van der Waals surface area contributed by atoms with E-state index in [0.29, 0.717) is 35.6 Å². The molecule has 10 nitrogen and oxygen atoms in total. The molecule has 2 aromatic heterocycles. The largest absolute Gasteiger partial charge is 0.356 e. The molecule has 2 atom stereocenters. The highest BCUT2D eigenvalue weighted by atomic mass is 16.5. The molecule has 2 unspecified atom stereocenters. The average Bonchev–Trinajstić information content (AvgIpc) is 3.34. The Kier molecular flexibility index (Phi) is 5.11. The van der Waals surface area contributed by atoms with E-state index in [1.165, 1.54) is 6.33 Å². The summed E-state index contributed by atoms with van der Waals surface area (Å²) in [5.74, 6) is 0.314. The van der Waals surface area contributed by atoms with Crippen LogP contribution in [0.5, 0.6) is 0 Å². The van der Waals surface area contributed by atoms with E-state index < -0.39 is 6.03 Å². The van der Waals surface area contributed by atoms with Gasteiger partial charge >= 0.3 is 6.03 Å². The monoisotopic (exact) mass is 381 g/mol. The van der Waals surface area contributed by atoms with Crippen LogP contribution in [-0.4, -0.2) is 44.6 Å². The molecule has 0 aliphatic carbocycles. The third-order valence-corrected chi connectivity index (χ3v) is 4.45. The summed E-state index contributed by atoms with van der Waals surface area (Å²) in [6.07, 6.45) is 4.97. The number of hydrogen-bond donors (Lipinski definition) is 3. The number of urea groups is 1. The van der Waals surface area contributed by atoms with Gasteiger partial charge in [0.25, 0.3) is 0 Å². The van der Waals surface area contributed by atoms with Crippen LogP contribution in [0, 0.1) is 0 Å². The summed E-state index contributed by atoms with van der Waals surface area (Å²) in [6, 6.07) is 8.69. The summed E-state index contributed by atoms with van der Waals surface area (Å²) in [6.45, 7) is 0.466. The van der Waals surface area contributed by atoms with E-state index in [9.17, 15) is 9.59 Å². The Hall–Kier alpha value is -3.53. The normalized spacial score (nSPS) is 18.7. The minimum Gasteiger partial charge on any atom is -0.356 e. The second-order valence-electron chi connectivity index (χ2n) is 6.31. The highest BCUT2D eigenvalue weighted by molar-refractivity contribution is 6.02. The minimum atomic E-state index is -0.419. The first-order chi connectivity index (χ1) is 13.7. The number of amides is 3. The Bertz CT molecular complexity index is 976. The lowest BCUT2D eigenvalue weighted by Crippen LogP contribution is -2.25. The molecule has 1 aromatic carbocycles. The lowest BCUT2D eigenvalue weighted by atomic mass is 10.2. The van der Waals surface area contributed by atoms with Crippen molar-refractivity contribution in [3.8, 4) is 0 Å². The third kappa shape index (κ3) is 3.76. The van der Waals surface area contributed by atoms with Gasteiger partial charge in [-0.3, -0.25) is 14.7 Å². The van der Waals surface area contributed by atoms with E-state index in [-0.39, 0.29) is 12.3 Å². The molecule has 3 N–H and O–H groups in total. The first kappa shape index (κ1) is 17.9. The fraction of sp³-hybridized carbons (Fsp3) is 0.278. The summed E-state index contributed by atoms with van der Waals surface area (Å²) >= 11 is 0. The van der Waals surface area contributed by atoms with E-state index in [0.717, 1.165) is 12.8 Å². The molecule has 28 heavy (non-hydrogen) atoms. The van der Waals surface area contributed by atoms with Crippen molar-refractivity contribution in [3.05, 3.63) is 43.0 Å². The molecule has 1 aliphatic heterocycles. The van der Waals surface area contributed by atoms with E-state index in [1.54, 1.807) is 18.5 Å². The average molecular weight is 381 g/mol. The van der Waals surface area contributed by atoms with Gasteiger partial charge in [0.1, 0.15) is 12.6 Å². The number of ether oxygens (including phenoxy) is 1. The van der Waals surface area contributed by atoms with Crippen molar-refractivity contribution in [2.45, 2.75) is 25.2 Å². The first-order valence-electron chi connectivity index (χ1n) is 8.87. The van der Waals surface area contributed by atoms with Crippen LogP contribution < -0.4 is 16.0 Å². The minimum absolute atomic E-state index is 0.0521. The van der Waals surface area contributed by atoms with Gasteiger partial charge in [0, 0.05) is 12.2 Å². The van der Waals surface area contributed by atoms with Gasteiger partial charge in [-0.2, -0.15) is 0 Å². The number of anilines is 2. The summed E-state index contributed by atoms with van der Waals surface area (Å²) in [7, 11) is 0. The van der Waals surface area contributed by atoms with Gasteiger partial charge in [-0.05, 0) is 25.0 Å². The number of rotatable bonds is 6. The Labute approximate surface area is 160 Å². The van der Waals surface area contributed by atoms with Crippen LogP contribution in [-0.2, 0) is 9.53 Å². The van der Waals surface area contributed by atoms with Gasteiger partial charge in [0.05, 0.1) is 12.4 Å². The van der Waals surface area contributed by atoms with Gasteiger partial charge in [-0.25, -0.2) is 19.7 Å².